The molecule has 0 saturated heterocycles. The van der Waals surface area contributed by atoms with Gasteiger partial charge in [0.2, 0.25) is 0 Å². The number of nitrogens with one attached hydrogen (secondary N) is 1. The van der Waals surface area contributed by atoms with E-state index in [2.05, 4.69) is 11.4 Å². The minimum atomic E-state index is -0.324. The van der Waals surface area contributed by atoms with Crippen LogP contribution in [0.1, 0.15) is 21.9 Å². The van der Waals surface area contributed by atoms with E-state index in [-0.39, 0.29) is 18.3 Å². The van der Waals surface area contributed by atoms with Gasteiger partial charge in [0, 0.05) is 0 Å². The first-order valence-corrected chi connectivity index (χ1v) is 8.43. The molecule has 0 radical (unpaired) electrons. The molecular weight excluding hydrogens is 344 g/mol. The SMILES string of the molecule is N#Cc1ccccc1OCc1ccc(C(=O)NCCOc2ccccc2)o1. The molecule has 0 aliphatic carbocycles. The second-order valence-electron chi connectivity index (χ2n) is 5.58. The lowest BCUT2D eigenvalue weighted by atomic mass is 10.2. The van der Waals surface area contributed by atoms with E-state index in [9.17, 15) is 4.79 Å². The zero-order valence-electron chi connectivity index (χ0n) is 14.6. The van der Waals surface area contributed by atoms with E-state index in [1.54, 1.807) is 36.4 Å². The van der Waals surface area contributed by atoms with Gasteiger partial charge in [-0.25, -0.2) is 0 Å². The van der Waals surface area contributed by atoms with Crippen molar-refractivity contribution in [3.05, 3.63) is 83.8 Å². The fourth-order valence-electron chi connectivity index (χ4n) is 2.35. The molecule has 0 saturated carbocycles. The second kappa shape index (κ2) is 9.11. The van der Waals surface area contributed by atoms with Crippen LogP contribution in [0.4, 0.5) is 0 Å². The topological polar surface area (TPSA) is 84.5 Å². The third-order valence-electron chi connectivity index (χ3n) is 3.66. The number of amides is 1. The molecule has 0 bridgehead atoms. The van der Waals surface area contributed by atoms with E-state index in [0.717, 1.165) is 5.75 Å². The number of hydrogen-bond donors (Lipinski definition) is 1. The van der Waals surface area contributed by atoms with Gasteiger partial charge in [-0.3, -0.25) is 4.79 Å². The second-order valence-corrected chi connectivity index (χ2v) is 5.58. The number of benzene rings is 2. The maximum absolute atomic E-state index is 12.1. The van der Waals surface area contributed by atoms with Crippen LogP contribution in [0, 0.1) is 11.3 Å². The number of nitriles is 1. The highest BCUT2D eigenvalue weighted by molar-refractivity contribution is 5.91. The van der Waals surface area contributed by atoms with Crippen LogP contribution in [0.25, 0.3) is 0 Å². The molecule has 136 valence electrons. The Bertz CT molecular complexity index is 929. The third kappa shape index (κ3) is 5.13. The average molecular weight is 362 g/mol. The van der Waals surface area contributed by atoms with Gasteiger partial charge in [0.25, 0.3) is 5.91 Å². The van der Waals surface area contributed by atoms with Crippen molar-refractivity contribution in [2.75, 3.05) is 13.2 Å². The molecule has 6 nitrogen and oxygen atoms in total. The minimum Gasteiger partial charge on any atom is -0.492 e. The number of rotatable bonds is 8. The van der Waals surface area contributed by atoms with Crippen molar-refractivity contribution in [3.8, 4) is 17.6 Å². The van der Waals surface area contributed by atoms with Crippen LogP contribution in [-0.2, 0) is 6.61 Å². The summed E-state index contributed by atoms with van der Waals surface area (Å²) >= 11 is 0. The minimum absolute atomic E-state index is 0.128. The van der Waals surface area contributed by atoms with Crippen molar-refractivity contribution in [3.63, 3.8) is 0 Å². The van der Waals surface area contributed by atoms with Crippen molar-refractivity contribution in [2.24, 2.45) is 0 Å². The number of ether oxygens (including phenoxy) is 2. The lowest BCUT2D eigenvalue weighted by molar-refractivity contribution is 0.0915. The Morgan fingerprint density at radius 2 is 1.78 bits per heavy atom. The van der Waals surface area contributed by atoms with Crippen LogP contribution >= 0.6 is 0 Å². The van der Waals surface area contributed by atoms with E-state index in [1.165, 1.54) is 0 Å². The molecule has 27 heavy (non-hydrogen) atoms. The van der Waals surface area contributed by atoms with Gasteiger partial charge in [-0.1, -0.05) is 30.3 Å². The number of para-hydroxylation sites is 2. The number of furan rings is 1. The fourth-order valence-corrected chi connectivity index (χ4v) is 2.35. The fraction of sp³-hybridized carbons (Fsp3) is 0.143. The molecule has 1 aromatic heterocycles. The standard InChI is InChI=1S/C21H18N2O4/c22-14-16-6-4-5-9-19(16)26-15-18-10-11-20(27-18)21(24)23-12-13-25-17-7-2-1-3-8-17/h1-11H,12-13,15H2,(H,23,24). The quantitative estimate of drug-likeness (QED) is 0.620. The van der Waals surface area contributed by atoms with Gasteiger partial charge in [-0.05, 0) is 36.4 Å². The molecule has 0 atom stereocenters. The third-order valence-corrected chi connectivity index (χ3v) is 3.66. The smallest absolute Gasteiger partial charge is 0.287 e. The zero-order valence-corrected chi connectivity index (χ0v) is 14.6. The summed E-state index contributed by atoms with van der Waals surface area (Å²) in [5.41, 5.74) is 0.445. The first kappa shape index (κ1) is 18.1. The molecule has 2 aromatic carbocycles. The van der Waals surface area contributed by atoms with Gasteiger partial charge < -0.3 is 19.2 Å². The Balaban J connectivity index is 1.45. The van der Waals surface area contributed by atoms with Gasteiger partial charge in [0.05, 0.1) is 12.1 Å². The van der Waals surface area contributed by atoms with Crippen molar-refractivity contribution in [1.82, 2.24) is 5.32 Å². The first-order chi connectivity index (χ1) is 13.3. The van der Waals surface area contributed by atoms with Gasteiger partial charge in [-0.15, -0.1) is 0 Å². The monoisotopic (exact) mass is 362 g/mol. The Labute approximate surface area is 156 Å². The van der Waals surface area contributed by atoms with Crippen molar-refractivity contribution >= 4 is 5.91 Å². The maximum Gasteiger partial charge on any atom is 0.287 e. The van der Waals surface area contributed by atoms with Crippen LogP contribution < -0.4 is 14.8 Å². The van der Waals surface area contributed by atoms with E-state index in [4.69, 9.17) is 19.2 Å². The molecular formula is C21H18N2O4. The summed E-state index contributed by atoms with van der Waals surface area (Å²) in [6.45, 7) is 0.844. The molecule has 3 rings (SSSR count). The maximum atomic E-state index is 12.1. The van der Waals surface area contributed by atoms with Gasteiger partial charge in [0.15, 0.2) is 5.76 Å². The number of nitrogens with zero attached hydrogens (tertiary/aromatic N) is 1. The Morgan fingerprint density at radius 3 is 2.59 bits per heavy atom. The molecule has 1 heterocycles. The molecule has 3 aromatic rings. The molecule has 1 N–H and O–H groups in total. The average Bonchev–Trinajstić information content (AvgIpc) is 3.19. The summed E-state index contributed by atoms with van der Waals surface area (Å²) in [4.78, 5) is 12.1. The van der Waals surface area contributed by atoms with Crippen LogP contribution in [0.15, 0.2) is 71.1 Å². The van der Waals surface area contributed by atoms with Gasteiger partial charge >= 0.3 is 0 Å². The molecule has 1 amide bonds. The van der Waals surface area contributed by atoms with E-state index in [1.807, 2.05) is 30.3 Å². The zero-order chi connectivity index (χ0) is 18.9. The molecule has 0 aliphatic rings. The normalized spacial score (nSPS) is 10.0. The molecule has 6 heteroatoms. The Hall–Kier alpha value is -3.72. The Kier molecular flexibility index (Phi) is 6.10. The Morgan fingerprint density at radius 1 is 1.00 bits per heavy atom. The summed E-state index contributed by atoms with van der Waals surface area (Å²) in [6, 6.07) is 21.6. The number of carbonyl (C=O) groups is 1. The van der Waals surface area contributed by atoms with Gasteiger partial charge in [-0.2, -0.15) is 5.26 Å². The first-order valence-electron chi connectivity index (χ1n) is 8.43. The highest BCUT2D eigenvalue weighted by Crippen LogP contribution is 2.19. The number of carbonyl (C=O) groups excluding carboxylic acids is 1. The van der Waals surface area contributed by atoms with E-state index >= 15 is 0 Å². The van der Waals surface area contributed by atoms with Crippen LogP contribution in [0.3, 0.4) is 0 Å². The predicted molar refractivity (Wildman–Crippen MR) is 98.5 cm³/mol. The van der Waals surface area contributed by atoms with Crippen LogP contribution in [0.2, 0.25) is 0 Å². The number of hydrogen-bond acceptors (Lipinski definition) is 5. The van der Waals surface area contributed by atoms with Crippen molar-refractivity contribution in [2.45, 2.75) is 6.61 Å². The highest BCUT2D eigenvalue weighted by atomic mass is 16.5. The van der Waals surface area contributed by atoms with Crippen LogP contribution in [-0.4, -0.2) is 19.1 Å². The highest BCUT2D eigenvalue weighted by Gasteiger charge is 2.11. The van der Waals surface area contributed by atoms with E-state index < -0.39 is 0 Å². The lowest BCUT2D eigenvalue weighted by Crippen LogP contribution is -2.27. The predicted octanol–water partition coefficient (Wildman–Crippen LogP) is 3.54. The molecule has 0 fully saturated rings. The van der Waals surface area contributed by atoms with Crippen molar-refractivity contribution in [1.29, 1.82) is 5.26 Å². The van der Waals surface area contributed by atoms with Gasteiger partial charge in [0.1, 0.15) is 36.5 Å². The van der Waals surface area contributed by atoms with E-state index in [0.29, 0.717) is 30.2 Å². The molecule has 0 spiro atoms. The molecule has 0 aliphatic heterocycles. The summed E-state index contributed by atoms with van der Waals surface area (Å²) < 4.78 is 16.6. The molecule has 0 unspecified atom stereocenters. The largest absolute Gasteiger partial charge is 0.492 e. The van der Waals surface area contributed by atoms with Crippen LogP contribution in [0.5, 0.6) is 11.5 Å². The lowest BCUT2D eigenvalue weighted by Gasteiger charge is -2.07. The summed E-state index contributed by atoms with van der Waals surface area (Å²) in [5, 5.41) is 11.8. The summed E-state index contributed by atoms with van der Waals surface area (Å²) in [5.74, 6) is 1.59. The summed E-state index contributed by atoms with van der Waals surface area (Å²) in [7, 11) is 0. The van der Waals surface area contributed by atoms with Crippen molar-refractivity contribution < 1.29 is 18.7 Å². The summed E-state index contributed by atoms with van der Waals surface area (Å²) in [6.07, 6.45) is 0.